The normalized spacial score (nSPS) is 52.8. The zero-order valence-electron chi connectivity index (χ0n) is 9.91. The summed E-state index contributed by atoms with van der Waals surface area (Å²) in [5, 5.41) is 0. The van der Waals surface area contributed by atoms with Gasteiger partial charge < -0.3 is 0 Å². The highest BCUT2D eigenvalue weighted by atomic mass is 14.7. The van der Waals surface area contributed by atoms with Crippen LogP contribution in [-0.2, 0) is 0 Å². The Balaban J connectivity index is 2.45. The van der Waals surface area contributed by atoms with Crippen LogP contribution in [0.5, 0.6) is 0 Å². The molecule has 0 heteroatoms. The average molecular weight is 180 g/mol. The van der Waals surface area contributed by atoms with Gasteiger partial charge in [0.15, 0.2) is 0 Å². The minimum atomic E-state index is 0.578. The van der Waals surface area contributed by atoms with Gasteiger partial charge in [-0.1, -0.05) is 34.6 Å². The number of rotatable bonds is 1. The minimum Gasteiger partial charge on any atom is -0.0648 e. The quantitative estimate of drug-likeness (QED) is 0.566. The van der Waals surface area contributed by atoms with Gasteiger partial charge in [-0.25, -0.2) is 0 Å². The number of hydrogen-bond donors (Lipinski definition) is 0. The summed E-state index contributed by atoms with van der Waals surface area (Å²) in [5.74, 6) is 1.00. The Bertz CT molecular complexity index is 221. The molecule has 0 aromatic rings. The summed E-state index contributed by atoms with van der Waals surface area (Å²) in [7, 11) is 0. The van der Waals surface area contributed by atoms with Crippen LogP contribution in [0.2, 0.25) is 0 Å². The summed E-state index contributed by atoms with van der Waals surface area (Å²) in [6, 6.07) is 0. The summed E-state index contributed by atoms with van der Waals surface area (Å²) in [6.07, 6.45) is 5.81. The van der Waals surface area contributed by atoms with E-state index in [1.807, 2.05) is 0 Å². The van der Waals surface area contributed by atoms with Crippen molar-refractivity contribution < 1.29 is 0 Å². The van der Waals surface area contributed by atoms with Gasteiger partial charge in [0.2, 0.25) is 0 Å². The lowest BCUT2D eigenvalue weighted by Crippen LogP contribution is -2.44. The van der Waals surface area contributed by atoms with Crippen LogP contribution in [0.25, 0.3) is 0 Å². The molecule has 0 radical (unpaired) electrons. The molecule has 0 amide bonds. The first-order chi connectivity index (χ1) is 5.87. The Morgan fingerprint density at radius 3 is 2.08 bits per heavy atom. The molecule has 0 saturated heterocycles. The maximum absolute atomic E-state index is 2.53. The van der Waals surface area contributed by atoms with Crippen LogP contribution in [0.15, 0.2) is 0 Å². The molecular weight excluding hydrogens is 156 g/mol. The molecule has 2 aliphatic rings. The Hall–Kier alpha value is 0. The minimum absolute atomic E-state index is 0.578. The Kier molecular flexibility index (Phi) is 1.71. The van der Waals surface area contributed by atoms with E-state index in [0.717, 1.165) is 5.92 Å². The van der Waals surface area contributed by atoms with Crippen LogP contribution in [-0.4, -0.2) is 0 Å². The predicted molar refractivity (Wildman–Crippen MR) is 57.6 cm³/mol. The fourth-order valence-corrected chi connectivity index (χ4v) is 4.47. The standard InChI is InChI=1S/C13H24/c1-6-13(5)11(2,3)10-7-8-12(13,4)9-10/h10H,6-9H2,1-5H3/t10?,12?,13-/m0/s1. The van der Waals surface area contributed by atoms with Crippen molar-refractivity contribution in [1.29, 1.82) is 0 Å². The van der Waals surface area contributed by atoms with Gasteiger partial charge in [-0.2, -0.15) is 0 Å². The van der Waals surface area contributed by atoms with Crippen molar-refractivity contribution in [2.75, 3.05) is 0 Å². The van der Waals surface area contributed by atoms with E-state index < -0.39 is 0 Å². The zero-order valence-corrected chi connectivity index (χ0v) is 9.91. The molecule has 2 fully saturated rings. The summed E-state index contributed by atoms with van der Waals surface area (Å²) in [4.78, 5) is 0. The number of hydrogen-bond acceptors (Lipinski definition) is 0. The van der Waals surface area contributed by atoms with Crippen molar-refractivity contribution in [3.63, 3.8) is 0 Å². The lowest BCUT2D eigenvalue weighted by Gasteiger charge is -2.52. The molecule has 2 unspecified atom stereocenters. The van der Waals surface area contributed by atoms with E-state index in [2.05, 4.69) is 34.6 Å². The van der Waals surface area contributed by atoms with E-state index in [-0.39, 0.29) is 0 Å². The molecule has 76 valence electrons. The predicted octanol–water partition coefficient (Wildman–Crippen LogP) is 4.25. The fourth-order valence-electron chi connectivity index (χ4n) is 4.47. The van der Waals surface area contributed by atoms with Gasteiger partial charge in [0, 0.05) is 0 Å². The summed E-state index contributed by atoms with van der Waals surface area (Å²) >= 11 is 0. The number of fused-ring (bicyclic) bond motifs is 2. The molecular formula is C13H24. The van der Waals surface area contributed by atoms with Crippen molar-refractivity contribution in [1.82, 2.24) is 0 Å². The molecule has 2 rings (SSSR count). The monoisotopic (exact) mass is 180 g/mol. The summed E-state index contributed by atoms with van der Waals surface area (Å²) in [6.45, 7) is 12.5. The van der Waals surface area contributed by atoms with Gasteiger partial charge in [0.25, 0.3) is 0 Å². The van der Waals surface area contributed by atoms with Crippen LogP contribution in [0.3, 0.4) is 0 Å². The van der Waals surface area contributed by atoms with E-state index in [0.29, 0.717) is 16.2 Å². The van der Waals surface area contributed by atoms with Gasteiger partial charge in [-0.3, -0.25) is 0 Å². The molecule has 2 saturated carbocycles. The fraction of sp³-hybridized carbons (Fsp3) is 1.00. The molecule has 13 heavy (non-hydrogen) atoms. The molecule has 0 aromatic carbocycles. The summed E-state index contributed by atoms with van der Waals surface area (Å²) in [5.41, 5.74) is 1.81. The third-order valence-corrected chi connectivity index (χ3v) is 6.22. The molecule has 0 heterocycles. The average Bonchev–Trinajstić information content (AvgIpc) is 2.51. The Morgan fingerprint density at radius 2 is 1.77 bits per heavy atom. The molecule has 0 nitrogen and oxygen atoms in total. The van der Waals surface area contributed by atoms with E-state index >= 15 is 0 Å². The smallest absolute Gasteiger partial charge is 0.0221 e. The highest BCUT2D eigenvalue weighted by molar-refractivity contribution is 5.14. The SMILES string of the molecule is CC[C@]1(C)C2(C)CCC(C2)C1(C)C. The van der Waals surface area contributed by atoms with Crippen LogP contribution in [0, 0.1) is 22.2 Å². The van der Waals surface area contributed by atoms with E-state index in [1.165, 1.54) is 25.7 Å². The first-order valence-electron chi connectivity index (χ1n) is 5.87. The van der Waals surface area contributed by atoms with E-state index in [9.17, 15) is 0 Å². The van der Waals surface area contributed by atoms with Crippen molar-refractivity contribution >= 4 is 0 Å². The van der Waals surface area contributed by atoms with Crippen molar-refractivity contribution in [2.45, 2.75) is 60.3 Å². The summed E-state index contributed by atoms with van der Waals surface area (Å²) < 4.78 is 0. The maximum Gasteiger partial charge on any atom is -0.0221 e. The van der Waals surface area contributed by atoms with Gasteiger partial charge in [-0.05, 0) is 47.8 Å². The van der Waals surface area contributed by atoms with E-state index in [4.69, 9.17) is 0 Å². The zero-order chi connectivity index (χ0) is 9.91. The highest BCUT2D eigenvalue weighted by Gasteiger charge is 2.65. The Labute approximate surface area is 83.1 Å². The first kappa shape index (κ1) is 9.55. The molecule has 0 aliphatic heterocycles. The molecule has 2 aliphatic carbocycles. The lowest BCUT2D eigenvalue weighted by atomic mass is 9.53. The second-order valence-corrected chi connectivity index (χ2v) is 6.41. The topological polar surface area (TPSA) is 0 Å². The van der Waals surface area contributed by atoms with Crippen LogP contribution in [0.1, 0.15) is 60.3 Å². The van der Waals surface area contributed by atoms with E-state index in [1.54, 1.807) is 0 Å². The molecule has 0 aromatic heterocycles. The van der Waals surface area contributed by atoms with Gasteiger partial charge in [-0.15, -0.1) is 0 Å². The molecule has 3 atom stereocenters. The van der Waals surface area contributed by atoms with Crippen LogP contribution in [0.4, 0.5) is 0 Å². The molecule has 2 bridgehead atoms. The third kappa shape index (κ3) is 0.831. The maximum atomic E-state index is 2.53. The van der Waals surface area contributed by atoms with Crippen molar-refractivity contribution in [3.8, 4) is 0 Å². The molecule has 0 N–H and O–H groups in total. The first-order valence-corrected chi connectivity index (χ1v) is 5.87. The van der Waals surface area contributed by atoms with Crippen LogP contribution >= 0.6 is 0 Å². The van der Waals surface area contributed by atoms with Gasteiger partial charge >= 0.3 is 0 Å². The Morgan fingerprint density at radius 1 is 1.15 bits per heavy atom. The second-order valence-electron chi connectivity index (χ2n) is 6.41. The molecule has 0 spiro atoms. The lowest BCUT2D eigenvalue weighted by molar-refractivity contribution is -0.0318. The van der Waals surface area contributed by atoms with Gasteiger partial charge in [0.1, 0.15) is 0 Å². The van der Waals surface area contributed by atoms with Crippen molar-refractivity contribution in [3.05, 3.63) is 0 Å². The third-order valence-electron chi connectivity index (χ3n) is 6.22. The highest BCUT2D eigenvalue weighted by Crippen LogP contribution is 2.73. The largest absolute Gasteiger partial charge is 0.0648 e. The van der Waals surface area contributed by atoms with Crippen molar-refractivity contribution in [2.24, 2.45) is 22.2 Å². The second kappa shape index (κ2) is 2.32. The van der Waals surface area contributed by atoms with Gasteiger partial charge in [0.05, 0.1) is 0 Å². The van der Waals surface area contributed by atoms with Crippen LogP contribution < -0.4 is 0 Å².